The highest BCUT2D eigenvalue weighted by molar-refractivity contribution is 5.94. The molecule has 0 amide bonds. The molecule has 0 saturated heterocycles. The number of rotatable bonds is 4. The topological polar surface area (TPSA) is 115 Å². The maximum Gasteiger partial charge on any atom is 0.341 e. The van der Waals surface area contributed by atoms with E-state index in [1.54, 1.807) is 6.20 Å². The number of anilines is 1. The predicted octanol–water partition coefficient (Wildman–Crippen LogP) is 2.01. The molecule has 2 atom stereocenters. The molecule has 31 heavy (non-hydrogen) atoms. The lowest BCUT2D eigenvalue weighted by Crippen LogP contribution is -2.41. The van der Waals surface area contributed by atoms with Crippen LogP contribution in [0.25, 0.3) is 5.65 Å². The van der Waals surface area contributed by atoms with Crippen molar-refractivity contribution in [3.63, 3.8) is 0 Å². The number of benzene rings is 1. The molecule has 4 heterocycles. The average Bonchev–Trinajstić information content (AvgIpc) is 3.29. The van der Waals surface area contributed by atoms with Gasteiger partial charge in [0.15, 0.2) is 17.2 Å². The molecule has 3 aromatic rings. The highest BCUT2D eigenvalue weighted by Gasteiger charge is 2.37. The number of aromatic nitrogens is 3. The summed E-state index contributed by atoms with van der Waals surface area (Å²) in [7, 11) is 0. The van der Waals surface area contributed by atoms with E-state index in [9.17, 15) is 14.3 Å². The Hall–Kier alpha value is -3.40. The molecule has 0 bridgehead atoms. The number of fused-ring (bicyclic) bond motifs is 3. The SMILES string of the molecule is C[C@@H]1COc2cn3ncc(C(=O)O)c3nc2N1Cc1cc(F)cc2c1OC(C)(CN)C2. The van der Waals surface area contributed by atoms with E-state index in [1.165, 1.54) is 22.8 Å². The molecular weight excluding hydrogens is 405 g/mol. The fourth-order valence-corrected chi connectivity index (χ4v) is 4.16. The summed E-state index contributed by atoms with van der Waals surface area (Å²) in [4.78, 5) is 18.0. The number of carboxylic acid groups (broad SMARTS) is 1. The van der Waals surface area contributed by atoms with Crippen LogP contribution < -0.4 is 20.1 Å². The molecule has 2 aromatic heterocycles. The van der Waals surface area contributed by atoms with E-state index < -0.39 is 11.6 Å². The molecular formula is C21H22FN5O4. The first-order valence-electron chi connectivity index (χ1n) is 9.99. The van der Waals surface area contributed by atoms with Crippen LogP contribution in [-0.2, 0) is 13.0 Å². The molecule has 1 unspecified atom stereocenters. The molecule has 162 valence electrons. The molecule has 0 spiro atoms. The number of nitrogens with two attached hydrogens (primary N) is 1. The molecule has 2 aliphatic heterocycles. The van der Waals surface area contributed by atoms with Crippen LogP contribution in [0.5, 0.6) is 11.5 Å². The Kier molecular flexibility index (Phi) is 4.30. The number of aromatic carboxylic acids is 1. The zero-order valence-corrected chi connectivity index (χ0v) is 17.1. The van der Waals surface area contributed by atoms with Gasteiger partial charge in [0.1, 0.15) is 29.3 Å². The van der Waals surface area contributed by atoms with Crippen LogP contribution in [0.15, 0.2) is 24.5 Å². The summed E-state index contributed by atoms with van der Waals surface area (Å²) in [6, 6.07) is 2.87. The second-order valence-electron chi connectivity index (χ2n) is 8.33. The number of halogens is 1. The fraction of sp³-hybridized carbons (Fsp3) is 0.381. The Morgan fingerprint density at radius 1 is 1.45 bits per heavy atom. The highest BCUT2D eigenvalue weighted by atomic mass is 19.1. The first kappa shape index (κ1) is 19.6. The van der Waals surface area contributed by atoms with E-state index in [-0.39, 0.29) is 23.1 Å². The zero-order chi connectivity index (χ0) is 21.9. The van der Waals surface area contributed by atoms with Crippen LogP contribution in [0.2, 0.25) is 0 Å². The van der Waals surface area contributed by atoms with Gasteiger partial charge in [-0.1, -0.05) is 0 Å². The molecule has 10 heteroatoms. The third-order valence-electron chi connectivity index (χ3n) is 5.85. The average molecular weight is 427 g/mol. The zero-order valence-electron chi connectivity index (χ0n) is 17.1. The maximum atomic E-state index is 14.4. The van der Waals surface area contributed by atoms with Crippen LogP contribution in [-0.4, -0.2) is 50.5 Å². The summed E-state index contributed by atoms with van der Waals surface area (Å²) >= 11 is 0. The molecule has 5 rings (SSSR count). The minimum atomic E-state index is -1.11. The summed E-state index contributed by atoms with van der Waals surface area (Å²) in [5.41, 5.74) is 6.98. The third-order valence-corrected chi connectivity index (χ3v) is 5.85. The Morgan fingerprint density at radius 2 is 2.26 bits per heavy atom. The number of nitrogens with zero attached hydrogens (tertiary/aromatic N) is 4. The van der Waals surface area contributed by atoms with E-state index >= 15 is 0 Å². The molecule has 9 nitrogen and oxygen atoms in total. The van der Waals surface area contributed by atoms with Gasteiger partial charge in [0.2, 0.25) is 0 Å². The molecule has 0 aliphatic carbocycles. The van der Waals surface area contributed by atoms with Gasteiger partial charge >= 0.3 is 5.97 Å². The second-order valence-corrected chi connectivity index (χ2v) is 8.33. The second kappa shape index (κ2) is 6.81. The standard InChI is InChI=1S/C21H22FN5O4/c1-11-9-30-16-8-27-18(15(6-24-27)20(28)29)25-19(16)26(11)7-13-4-14(22)3-12-5-21(2,10-23)31-17(12)13/h3-4,6,8,11H,5,7,9-10,23H2,1-2H3,(H,28,29)/t11-,21?/m1/s1. The molecule has 2 aliphatic rings. The van der Waals surface area contributed by atoms with Gasteiger partial charge in [0, 0.05) is 30.6 Å². The van der Waals surface area contributed by atoms with Gasteiger partial charge in [0.05, 0.1) is 18.4 Å². The van der Waals surface area contributed by atoms with E-state index in [1.807, 2.05) is 18.7 Å². The molecule has 3 N–H and O–H groups in total. The summed E-state index contributed by atoms with van der Waals surface area (Å²) in [6.45, 7) is 4.91. The third kappa shape index (κ3) is 3.14. The van der Waals surface area contributed by atoms with E-state index in [2.05, 4.69) is 10.1 Å². The minimum absolute atomic E-state index is 0.00494. The van der Waals surface area contributed by atoms with Crippen molar-refractivity contribution in [1.29, 1.82) is 0 Å². The van der Waals surface area contributed by atoms with Gasteiger partial charge in [0.25, 0.3) is 0 Å². The van der Waals surface area contributed by atoms with Crippen LogP contribution in [0, 0.1) is 5.82 Å². The lowest BCUT2D eigenvalue weighted by atomic mass is 9.98. The Morgan fingerprint density at radius 3 is 3.00 bits per heavy atom. The lowest BCUT2D eigenvalue weighted by Gasteiger charge is -2.36. The number of hydrogen-bond acceptors (Lipinski definition) is 7. The fourth-order valence-electron chi connectivity index (χ4n) is 4.16. The van der Waals surface area contributed by atoms with Crippen LogP contribution in [0.3, 0.4) is 0 Å². The van der Waals surface area contributed by atoms with Gasteiger partial charge in [-0.25, -0.2) is 18.7 Å². The van der Waals surface area contributed by atoms with E-state index in [4.69, 9.17) is 15.2 Å². The first-order valence-corrected chi connectivity index (χ1v) is 9.99. The van der Waals surface area contributed by atoms with Crippen molar-refractivity contribution >= 4 is 17.4 Å². The summed E-state index contributed by atoms with van der Waals surface area (Å²) in [5.74, 6) is 0.146. The van der Waals surface area contributed by atoms with Crippen molar-refractivity contribution in [1.82, 2.24) is 14.6 Å². The monoisotopic (exact) mass is 427 g/mol. The Balaban J connectivity index is 1.58. The minimum Gasteiger partial charge on any atom is -0.486 e. The van der Waals surface area contributed by atoms with Gasteiger partial charge in [-0.2, -0.15) is 5.10 Å². The van der Waals surface area contributed by atoms with Crippen LogP contribution >= 0.6 is 0 Å². The van der Waals surface area contributed by atoms with Crippen molar-refractivity contribution in [3.05, 3.63) is 47.0 Å². The quantitative estimate of drug-likeness (QED) is 0.650. The van der Waals surface area contributed by atoms with Crippen molar-refractivity contribution in [2.24, 2.45) is 5.73 Å². The van der Waals surface area contributed by atoms with Crippen LogP contribution in [0.1, 0.15) is 35.3 Å². The molecule has 0 radical (unpaired) electrons. The van der Waals surface area contributed by atoms with E-state index in [0.29, 0.717) is 49.0 Å². The van der Waals surface area contributed by atoms with Gasteiger partial charge < -0.3 is 25.2 Å². The van der Waals surface area contributed by atoms with Gasteiger partial charge in [-0.15, -0.1) is 0 Å². The predicted molar refractivity (Wildman–Crippen MR) is 109 cm³/mol. The number of carbonyl (C=O) groups is 1. The lowest BCUT2D eigenvalue weighted by molar-refractivity contribution is 0.0698. The first-order chi connectivity index (χ1) is 14.8. The van der Waals surface area contributed by atoms with E-state index in [0.717, 1.165) is 5.56 Å². The van der Waals surface area contributed by atoms with Crippen molar-refractivity contribution < 1.29 is 23.8 Å². The van der Waals surface area contributed by atoms with Crippen LogP contribution in [0.4, 0.5) is 10.2 Å². The molecule has 0 saturated carbocycles. The van der Waals surface area contributed by atoms with Gasteiger partial charge in [-0.05, 0) is 26.0 Å². The highest BCUT2D eigenvalue weighted by Crippen LogP contribution is 2.41. The number of ether oxygens (including phenoxy) is 2. The molecule has 0 fully saturated rings. The summed E-state index contributed by atoms with van der Waals surface area (Å²) in [5, 5.41) is 13.5. The maximum absolute atomic E-state index is 14.4. The van der Waals surface area contributed by atoms with Crippen molar-refractivity contribution in [2.75, 3.05) is 18.1 Å². The Bertz CT molecular complexity index is 1210. The van der Waals surface area contributed by atoms with Crippen molar-refractivity contribution in [3.8, 4) is 11.5 Å². The largest absolute Gasteiger partial charge is 0.486 e. The molecule has 1 aromatic carbocycles. The normalized spacial score (nSPS) is 22.1. The number of hydrogen-bond donors (Lipinski definition) is 2. The summed E-state index contributed by atoms with van der Waals surface area (Å²) in [6.07, 6.45) is 3.40. The smallest absolute Gasteiger partial charge is 0.341 e. The van der Waals surface area contributed by atoms with Crippen molar-refractivity contribution in [2.45, 2.75) is 38.5 Å². The summed E-state index contributed by atoms with van der Waals surface area (Å²) < 4.78 is 27.7. The Labute approximate surface area is 177 Å². The van der Waals surface area contributed by atoms with Gasteiger partial charge in [-0.3, -0.25) is 0 Å². The number of carboxylic acids is 1.